The second-order valence-electron chi connectivity index (χ2n) is 5.73. The maximum absolute atomic E-state index is 12.9. The van der Waals surface area contributed by atoms with Gasteiger partial charge in [-0.15, -0.1) is 11.3 Å². The first-order valence-corrected chi connectivity index (χ1v) is 8.48. The lowest BCUT2D eigenvalue weighted by atomic mass is 10.1. The SMILES string of the molecule is CC(Cc1csc2ccccc12)NC(=O)Cc1ccc(F)cc1. The molecule has 1 atom stereocenters. The first-order valence-electron chi connectivity index (χ1n) is 7.61. The average molecular weight is 327 g/mol. The number of nitrogens with one attached hydrogen (secondary N) is 1. The molecule has 1 heterocycles. The minimum Gasteiger partial charge on any atom is -0.353 e. The average Bonchev–Trinajstić information content (AvgIpc) is 2.93. The minimum absolute atomic E-state index is 0.0383. The number of carbonyl (C=O) groups excluding carboxylic acids is 1. The summed E-state index contributed by atoms with van der Waals surface area (Å²) in [5.41, 5.74) is 2.08. The zero-order chi connectivity index (χ0) is 16.2. The van der Waals surface area contributed by atoms with Crippen molar-refractivity contribution in [3.05, 3.63) is 70.9 Å². The number of hydrogen-bond acceptors (Lipinski definition) is 2. The minimum atomic E-state index is -0.285. The molecule has 2 aromatic carbocycles. The summed E-state index contributed by atoms with van der Waals surface area (Å²) >= 11 is 1.73. The number of fused-ring (bicyclic) bond motifs is 1. The molecule has 0 spiro atoms. The highest BCUT2D eigenvalue weighted by atomic mass is 32.1. The van der Waals surface area contributed by atoms with Crippen LogP contribution in [0.4, 0.5) is 4.39 Å². The third-order valence-corrected chi connectivity index (χ3v) is 4.78. The Morgan fingerprint density at radius 1 is 1.17 bits per heavy atom. The van der Waals surface area contributed by atoms with Crippen LogP contribution in [0.5, 0.6) is 0 Å². The molecule has 1 aromatic heterocycles. The molecule has 23 heavy (non-hydrogen) atoms. The molecule has 1 unspecified atom stereocenters. The number of hydrogen-bond donors (Lipinski definition) is 1. The third kappa shape index (κ3) is 3.96. The molecule has 0 radical (unpaired) electrons. The third-order valence-electron chi connectivity index (χ3n) is 3.77. The van der Waals surface area contributed by atoms with Crippen LogP contribution in [-0.2, 0) is 17.6 Å². The molecular formula is C19H18FNOS. The monoisotopic (exact) mass is 327 g/mol. The smallest absolute Gasteiger partial charge is 0.224 e. The van der Waals surface area contributed by atoms with Crippen LogP contribution in [0.1, 0.15) is 18.1 Å². The van der Waals surface area contributed by atoms with Gasteiger partial charge in [-0.2, -0.15) is 0 Å². The summed E-state index contributed by atoms with van der Waals surface area (Å²) in [6, 6.07) is 14.4. The van der Waals surface area contributed by atoms with E-state index in [0.29, 0.717) is 0 Å². The molecule has 3 rings (SSSR count). The molecule has 0 saturated carbocycles. The molecule has 4 heteroatoms. The number of thiophene rings is 1. The van der Waals surface area contributed by atoms with Gasteiger partial charge in [0.15, 0.2) is 0 Å². The summed E-state index contributed by atoms with van der Waals surface area (Å²) in [5, 5.41) is 6.44. The predicted octanol–water partition coefficient (Wildman–Crippen LogP) is 4.33. The van der Waals surface area contributed by atoms with Crippen molar-refractivity contribution < 1.29 is 9.18 Å². The molecule has 118 valence electrons. The molecule has 0 aliphatic rings. The lowest BCUT2D eigenvalue weighted by Gasteiger charge is -2.13. The predicted molar refractivity (Wildman–Crippen MR) is 93.2 cm³/mol. The summed E-state index contributed by atoms with van der Waals surface area (Å²) in [6.07, 6.45) is 1.08. The fourth-order valence-electron chi connectivity index (χ4n) is 2.69. The van der Waals surface area contributed by atoms with Crippen molar-refractivity contribution >= 4 is 27.3 Å². The Kier molecular flexibility index (Phi) is 4.72. The number of amides is 1. The van der Waals surface area contributed by atoms with Crippen molar-refractivity contribution in [2.24, 2.45) is 0 Å². The van der Waals surface area contributed by atoms with Crippen molar-refractivity contribution in [2.45, 2.75) is 25.8 Å². The van der Waals surface area contributed by atoms with Crippen molar-refractivity contribution in [3.8, 4) is 0 Å². The topological polar surface area (TPSA) is 29.1 Å². The molecular weight excluding hydrogens is 309 g/mol. The Morgan fingerprint density at radius 2 is 1.91 bits per heavy atom. The van der Waals surface area contributed by atoms with E-state index >= 15 is 0 Å². The Balaban J connectivity index is 1.59. The van der Waals surface area contributed by atoms with E-state index in [0.717, 1.165) is 12.0 Å². The van der Waals surface area contributed by atoms with E-state index in [9.17, 15) is 9.18 Å². The van der Waals surface area contributed by atoms with Gasteiger partial charge in [0, 0.05) is 10.7 Å². The fraction of sp³-hybridized carbons (Fsp3) is 0.211. The first kappa shape index (κ1) is 15.7. The quantitative estimate of drug-likeness (QED) is 0.742. The number of halogens is 1. The van der Waals surface area contributed by atoms with Gasteiger partial charge in [-0.25, -0.2) is 4.39 Å². The fourth-order valence-corrected chi connectivity index (χ4v) is 3.66. The van der Waals surface area contributed by atoms with E-state index in [1.54, 1.807) is 23.5 Å². The van der Waals surface area contributed by atoms with E-state index in [1.807, 2.05) is 19.1 Å². The van der Waals surface area contributed by atoms with Crippen molar-refractivity contribution in [2.75, 3.05) is 0 Å². The molecule has 1 N–H and O–H groups in total. The Hall–Kier alpha value is -2.20. The molecule has 0 fully saturated rings. The van der Waals surface area contributed by atoms with E-state index in [1.165, 1.54) is 27.8 Å². The number of benzene rings is 2. The molecule has 0 aliphatic heterocycles. The molecule has 2 nitrogen and oxygen atoms in total. The zero-order valence-electron chi connectivity index (χ0n) is 12.9. The Bertz CT molecular complexity index is 810. The highest BCUT2D eigenvalue weighted by Gasteiger charge is 2.11. The van der Waals surface area contributed by atoms with Gasteiger partial charge in [0.25, 0.3) is 0 Å². The molecule has 3 aromatic rings. The Labute approximate surface area is 139 Å². The maximum atomic E-state index is 12.9. The van der Waals surface area contributed by atoms with Crippen molar-refractivity contribution in [3.63, 3.8) is 0 Å². The molecule has 0 bridgehead atoms. The van der Waals surface area contributed by atoms with E-state index in [-0.39, 0.29) is 24.2 Å². The largest absolute Gasteiger partial charge is 0.353 e. The number of carbonyl (C=O) groups is 1. The molecule has 0 aliphatic carbocycles. The van der Waals surface area contributed by atoms with Gasteiger partial charge in [-0.3, -0.25) is 4.79 Å². The van der Waals surface area contributed by atoms with Gasteiger partial charge in [0.05, 0.1) is 6.42 Å². The van der Waals surface area contributed by atoms with Crippen molar-refractivity contribution in [1.29, 1.82) is 0 Å². The second kappa shape index (κ2) is 6.92. The standard InChI is InChI=1S/C19H18FNOS/c1-13(10-15-12-23-18-5-3-2-4-17(15)18)21-19(22)11-14-6-8-16(20)9-7-14/h2-9,12-13H,10-11H2,1H3,(H,21,22). The van der Waals surface area contributed by atoms with Crippen LogP contribution in [0.3, 0.4) is 0 Å². The highest BCUT2D eigenvalue weighted by molar-refractivity contribution is 7.17. The maximum Gasteiger partial charge on any atom is 0.224 e. The van der Waals surface area contributed by atoms with Crippen LogP contribution >= 0.6 is 11.3 Å². The zero-order valence-corrected chi connectivity index (χ0v) is 13.7. The van der Waals surface area contributed by atoms with E-state index in [4.69, 9.17) is 0 Å². The summed E-state index contributed by atoms with van der Waals surface area (Å²) in [6.45, 7) is 2.01. The summed E-state index contributed by atoms with van der Waals surface area (Å²) < 4.78 is 14.1. The summed E-state index contributed by atoms with van der Waals surface area (Å²) in [7, 11) is 0. The van der Waals surface area contributed by atoms with Crippen LogP contribution in [0.15, 0.2) is 53.9 Å². The van der Waals surface area contributed by atoms with Gasteiger partial charge in [-0.05, 0) is 53.4 Å². The van der Waals surface area contributed by atoms with Crippen LogP contribution in [0.2, 0.25) is 0 Å². The molecule has 1 amide bonds. The van der Waals surface area contributed by atoms with Gasteiger partial charge >= 0.3 is 0 Å². The van der Waals surface area contributed by atoms with E-state index < -0.39 is 0 Å². The normalized spacial score (nSPS) is 12.3. The van der Waals surface area contributed by atoms with Crippen LogP contribution < -0.4 is 5.32 Å². The summed E-state index contributed by atoms with van der Waals surface area (Å²) in [4.78, 5) is 12.1. The van der Waals surface area contributed by atoms with E-state index in [2.05, 4.69) is 22.8 Å². The van der Waals surface area contributed by atoms with Crippen molar-refractivity contribution in [1.82, 2.24) is 5.32 Å². The van der Waals surface area contributed by atoms with Gasteiger partial charge < -0.3 is 5.32 Å². The van der Waals surface area contributed by atoms with Gasteiger partial charge in [-0.1, -0.05) is 30.3 Å². The van der Waals surface area contributed by atoms with Crippen LogP contribution in [-0.4, -0.2) is 11.9 Å². The van der Waals surface area contributed by atoms with Gasteiger partial charge in [0.1, 0.15) is 5.82 Å². The first-order chi connectivity index (χ1) is 11.1. The highest BCUT2D eigenvalue weighted by Crippen LogP contribution is 2.26. The summed E-state index contributed by atoms with van der Waals surface area (Å²) in [5.74, 6) is -0.324. The molecule has 0 saturated heterocycles. The number of rotatable bonds is 5. The lowest BCUT2D eigenvalue weighted by Crippen LogP contribution is -2.35. The second-order valence-corrected chi connectivity index (χ2v) is 6.64. The Morgan fingerprint density at radius 3 is 2.70 bits per heavy atom. The lowest BCUT2D eigenvalue weighted by molar-refractivity contribution is -0.121. The van der Waals surface area contributed by atoms with Gasteiger partial charge in [0.2, 0.25) is 5.91 Å². The van der Waals surface area contributed by atoms with Crippen LogP contribution in [0.25, 0.3) is 10.1 Å². The van der Waals surface area contributed by atoms with Crippen LogP contribution in [0, 0.1) is 5.82 Å².